The molecule has 0 saturated carbocycles. The van der Waals surface area contributed by atoms with Gasteiger partial charge in [-0.3, -0.25) is 0 Å². The highest BCUT2D eigenvalue weighted by Crippen LogP contribution is 2.16. The molecule has 0 fully saturated rings. The number of rotatable bonds is 1. The topological polar surface area (TPSA) is 13.1 Å². The van der Waals surface area contributed by atoms with Gasteiger partial charge in [0.2, 0.25) is 0 Å². The van der Waals surface area contributed by atoms with Crippen molar-refractivity contribution in [1.82, 2.24) is 0 Å². The van der Waals surface area contributed by atoms with Crippen LogP contribution in [0.2, 0.25) is 0 Å². The smallest absolute Gasteiger partial charge is 0.101 e. The molecule has 0 spiro atoms. The van der Waals surface area contributed by atoms with Crippen LogP contribution in [0.25, 0.3) is 0 Å². The van der Waals surface area contributed by atoms with Crippen molar-refractivity contribution in [2.75, 3.05) is 0 Å². The first-order chi connectivity index (χ1) is 4.74. The Kier molecular flexibility index (Phi) is 1.82. The van der Waals surface area contributed by atoms with Gasteiger partial charge in [-0.2, -0.15) is 0 Å². The van der Waals surface area contributed by atoms with Crippen molar-refractivity contribution in [3.63, 3.8) is 0 Å². The lowest BCUT2D eigenvalue weighted by molar-refractivity contribution is 0.531. The Morgan fingerprint density at radius 2 is 2.40 bits per heavy atom. The lowest BCUT2D eigenvalue weighted by Crippen LogP contribution is -1.83. The molecule has 1 unspecified atom stereocenters. The van der Waals surface area contributed by atoms with Crippen LogP contribution < -0.4 is 0 Å². The first-order valence-electron chi connectivity index (χ1n) is 3.25. The Morgan fingerprint density at radius 3 is 2.80 bits per heavy atom. The molecule has 1 heteroatoms. The first kappa shape index (κ1) is 6.95. The second-order valence-electron chi connectivity index (χ2n) is 2.38. The minimum atomic E-state index is 0.164. The molecule has 0 bridgehead atoms. The second-order valence-corrected chi connectivity index (χ2v) is 2.38. The lowest BCUT2D eigenvalue weighted by Gasteiger charge is -1.94. The molecule has 10 heavy (non-hydrogen) atoms. The molecule has 0 amide bonds. The van der Waals surface area contributed by atoms with Gasteiger partial charge >= 0.3 is 0 Å². The summed E-state index contributed by atoms with van der Waals surface area (Å²) in [7, 11) is 0. The van der Waals surface area contributed by atoms with Crippen LogP contribution >= 0.6 is 0 Å². The van der Waals surface area contributed by atoms with Gasteiger partial charge in [0.25, 0.3) is 0 Å². The molecular weight excluding hydrogens is 124 g/mol. The van der Waals surface area contributed by atoms with Crippen LogP contribution in [0, 0.1) is 19.3 Å². The molecule has 1 heterocycles. The van der Waals surface area contributed by atoms with Gasteiger partial charge in [0.1, 0.15) is 5.76 Å². The normalized spacial score (nSPS) is 12.5. The minimum absolute atomic E-state index is 0.164. The van der Waals surface area contributed by atoms with Crippen molar-refractivity contribution in [2.45, 2.75) is 19.8 Å². The van der Waals surface area contributed by atoms with Gasteiger partial charge in [0, 0.05) is 11.5 Å². The van der Waals surface area contributed by atoms with E-state index in [-0.39, 0.29) is 5.92 Å². The Labute approximate surface area is 61.0 Å². The highest BCUT2D eigenvalue weighted by Gasteiger charge is 2.03. The second kappa shape index (κ2) is 2.62. The van der Waals surface area contributed by atoms with Crippen molar-refractivity contribution in [2.24, 2.45) is 0 Å². The fourth-order valence-electron chi connectivity index (χ4n) is 0.787. The maximum absolute atomic E-state index is 5.22. The molecule has 0 aliphatic heterocycles. The SMILES string of the molecule is C#CC(C)c1coc(C)c1. The van der Waals surface area contributed by atoms with Crippen LogP contribution in [-0.2, 0) is 0 Å². The first-order valence-corrected chi connectivity index (χ1v) is 3.25. The number of hydrogen-bond donors (Lipinski definition) is 0. The van der Waals surface area contributed by atoms with E-state index in [0.29, 0.717) is 0 Å². The van der Waals surface area contributed by atoms with E-state index in [4.69, 9.17) is 10.8 Å². The van der Waals surface area contributed by atoms with Crippen LogP contribution in [-0.4, -0.2) is 0 Å². The predicted octanol–water partition coefficient (Wildman–Crippen LogP) is 2.32. The summed E-state index contributed by atoms with van der Waals surface area (Å²) in [5.41, 5.74) is 1.08. The standard InChI is InChI=1S/C9H10O/c1-4-7(2)9-5-8(3)10-6-9/h1,5-7H,2-3H3. The van der Waals surface area contributed by atoms with E-state index in [0.717, 1.165) is 11.3 Å². The van der Waals surface area contributed by atoms with E-state index in [1.54, 1.807) is 6.26 Å². The Balaban J connectivity index is 2.87. The number of terminal acetylenes is 1. The van der Waals surface area contributed by atoms with Crippen LogP contribution in [0.4, 0.5) is 0 Å². The van der Waals surface area contributed by atoms with E-state index in [9.17, 15) is 0 Å². The molecule has 1 nitrogen and oxygen atoms in total. The number of hydrogen-bond acceptors (Lipinski definition) is 1. The predicted molar refractivity (Wildman–Crippen MR) is 40.7 cm³/mol. The molecule has 1 aromatic heterocycles. The molecule has 1 rings (SSSR count). The number of furan rings is 1. The van der Waals surface area contributed by atoms with E-state index < -0.39 is 0 Å². The zero-order chi connectivity index (χ0) is 7.56. The molecule has 0 radical (unpaired) electrons. The molecule has 0 aliphatic carbocycles. The van der Waals surface area contributed by atoms with Gasteiger partial charge in [-0.15, -0.1) is 6.42 Å². The van der Waals surface area contributed by atoms with Crippen LogP contribution in [0.15, 0.2) is 16.7 Å². The molecule has 1 aromatic rings. The summed E-state index contributed by atoms with van der Waals surface area (Å²) in [6.07, 6.45) is 6.93. The van der Waals surface area contributed by atoms with Crippen molar-refractivity contribution in [3.8, 4) is 12.3 Å². The summed E-state index contributed by atoms with van der Waals surface area (Å²) in [6, 6.07) is 1.96. The fourth-order valence-corrected chi connectivity index (χ4v) is 0.787. The maximum atomic E-state index is 5.22. The van der Waals surface area contributed by atoms with Gasteiger partial charge < -0.3 is 4.42 Å². The summed E-state index contributed by atoms with van der Waals surface area (Å²) in [4.78, 5) is 0. The van der Waals surface area contributed by atoms with E-state index >= 15 is 0 Å². The minimum Gasteiger partial charge on any atom is -0.469 e. The largest absolute Gasteiger partial charge is 0.469 e. The van der Waals surface area contributed by atoms with Gasteiger partial charge in [-0.1, -0.05) is 5.92 Å². The summed E-state index contributed by atoms with van der Waals surface area (Å²) in [5.74, 6) is 3.71. The van der Waals surface area contributed by atoms with Gasteiger partial charge in [-0.25, -0.2) is 0 Å². The van der Waals surface area contributed by atoms with E-state index in [1.807, 2.05) is 19.9 Å². The van der Waals surface area contributed by atoms with Gasteiger partial charge in [0.05, 0.1) is 6.26 Å². The average Bonchev–Trinajstić information content (AvgIpc) is 2.34. The van der Waals surface area contributed by atoms with Crippen molar-refractivity contribution >= 4 is 0 Å². The Hall–Kier alpha value is -1.16. The zero-order valence-corrected chi connectivity index (χ0v) is 6.22. The van der Waals surface area contributed by atoms with Gasteiger partial charge in [-0.05, 0) is 19.9 Å². The highest BCUT2D eigenvalue weighted by atomic mass is 16.3. The maximum Gasteiger partial charge on any atom is 0.101 e. The third-order valence-corrected chi connectivity index (χ3v) is 1.50. The van der Waals surface area contributed by atoms with Crippen molar-refractivity contribution in [3.05, 3.63) is 23.7 Å². The monoisotopic (exact) mass is 134 g/mol. The summed E-state index contributed by atoms with van der Waals surface area (Å²) in [6.45, 7) is 3.89. The van der Waals surface area contributed by atoms with Gasteiger partial charge in [0.15, 0.2) is 0 Å². The van der Waals surface area contributed by atoms with Crippen molar-refractivity contribution < 1.29 is 4.42 Å². The van der Waals surface area contributed by atoms with Crippen molar-refractivity contribution in [1.29, 1.82) is 0 Å². The van der Waals surface area contributed by atoms with E-state index in [1.165, 1.54) is 0 Å². The Morgan fingerprint density at radius 1 is 1.70 bits per heavy atom. The van der Waals surface area contributed by atoms with E-state index in [2.05, 4.69) is 5.92 Å². The summed E-state index contributed by atoms with van der Waals surface area (Å²) in [5, 5.41) is 0. The zero-order valence-electron chi connectivity index (χ0n) is 6.22. The lowest BCUT2D eigenvalue weighted by atomic mass is 10.1. The van der Waals surface area contributed by atoms with Crippen LogP contribution in [0.1, 0.15) is 24.2 Å². The third kappa shape index (κ3) is 1.22. The fraction of sp³-hybridized carbons (Fsp3) is 0.333. The van der Waals surface area contributed by atoms with Crippen LogP contribution in [0.3, 0.4) is 0 Å². The molecule has 52 valence electrons. The Bertz CT molecular complexity index is 252. The number of aryl methyl sites for hydroxylation is 1. The molecular formula is C9H10O. The molecule has 0 saturated heterocycles. The summed E-state index contributed by atoms with van der Waals surface area (Å²) < 4.78 is 5.09. The van der Waals surface area contributed by atoms with Crippen LogP contribution in [0.5, 0.6) is 0 Å². The molecule has 0 aliphatic rings. The summed E-state index contributed by atoms with van der Waals surface area (Å²) >= 11 is 0. The third-order valence-electron chi connectivity index (χ3n) is 1.50. The quantitative estimate of drug-likeness (QED) is 0.537. The highest BCUT2D eigenvalue weighted by molar-refractivity contribution is 5.23. The molecule has 1 atom stereocenters. The molecule has 0 aromatic carbocycles. The molecule has 0 N–H and O–H groups in total. The average molecular weight is 134 g/mol.